The van der Waals surface area contributed by atoms with Crippen LogP contribution in [0, 0.1) is 11.3 Å². The van der Waals surface area contributed by atoms with E-state index in [1.54, 1.807) is 36.1 Å². The Balaban J connectivity index is 1.38. The Bertz CT molecular complexity index is 1860. The molecule has 50 heavy (non-hydrogen) atoms. The Morgan fingerprint density at radius 3 is 2.28 bits per heavy atom. The fourth-order valence-electron chi connectivity index (χ4n) is 7.25. The fourth-order valence-corrected chi connectivity index (χ4v) is 8.71. The van der Waals surface area contributed by atoms with Gasteiger partial charge in [0.05, 0.1) is 41.5 Å². The largest absolute Gasteiger partial charge is 0.497 e. The van der Waals surface area contributed by atoms with E-state index in [2.05, 4.69) is 22.8 Å². The molecule has 0 spiro atoms. The van der Waals surface area contributed by atoms with Gasteiger partial charge in [-0.3, -0.25) is 9.69 Å². The molecule has 0 N–H and O–H groups in total. The molecule has 6 rings (SSSR count). The van der Waals surface area contributed by atoms with Crippen molar-refractivity contribution in [3.05, 3.63) is 83.4 Å². The monoisotopic (exact) mass is 701 g/mol. The zero-order valence-electron chi connectivity index (χ0n) is 28.7. The molecule has 3 aromatic carbocycles. The summed E-state index contributed by atoms with van der Waals surface area (Å²) in [7, 11) is -3.08. The highest BCUT2D eigenvalue weighted by Gasteiger charge is 2.61. The predicted octanol–water partition coefficient (Wildman–Crippen LogP) is 4.57. The lowest BCUT2D eigenvalue weighted by Crippen LogP contribution is -2.54. The summed E-state index contributed by atoms with van der Waals surface area (Å²) in [6.07, 6.45) is 1.86. The molecular weight excluding hydrogens is 659 g/mol. The number of carbonyl (C=O) groups excluding carboxylic acids is 2. The van der Waals surface area contributed by atoms with Gasteiger partial charge < -0.3 is 24.0 Å². The lowest BCUT2D eigenvalue weighted by Gasteiger charge is -2.43. The van der Waals surface area contributed by atoms with Gasteiger partial charge in [0.1, 0.15) is 11.5 Å². The number of para-hydroxylation sites is 1. The number of likely N-dealkylation sites (tertiary alicyclic amines) is 1. The van der Waals surface area contributed by atoms with Crippen LogP contribution in [-0.2, 0) is 25.2 Å². The Labute approximate surface area is 293 Å². The van der Waals surface area contributed by atoms with Crippen LogP contribution in [0.5, 0.6) is 11.5 Å². The summed E-state index contributed by atoms with van der Waals surface area (Å²) in [6.45, 7) is 10.1. The SMILES string of the molecule is CCCN1CCN(C2CCN(C(=O)OC3(c4ccccc4OCC)C(=O)N(S(=O)(=O)c4ccc(OC)cc4)c4ccc(C#N)cc43)CC2)CC1. The van der Waals surface area contributed by atoms with Gasteiger partial charge in [0, 0.05) is 50.9 Å². The van der Waals surface area contributed by atoms with Gasteiger partial charge in [-0.25, -0.2) is 13.2 Å². The number of rotatable bonds is 10. The van der Waals surface area contributed by atoms with Gasteiger partial charge in [0.15, 0.2) is 0 Å². The molecule has 0 saturated carbocycles. The first-order chi connectivity index (χ1) is 24.2. The molecule has 13 heteroatoms. The van der Waals surface area contributed by atoms with Crippen molar-refractivity contribution in [2.75, 3.05) is 63.8 Å². The van der Waals surface area contributed by atoms with Gasteiger partial charge in [0.25, 0.3) is 15.9 Å². The van der Waals surface area contributed by atoms with Crippen molar-refractivity contribution >= 4 is 27.7 Å². The van der Waals surface area contributed by atoms with Crippen molar-refractivity contribution in [3.8, 4) is 17.6 Å². The summed E-state index contributed by atoms with van der Waals surface area (Å²) in [6, 6.07) is 18.9. The summed E-state index contributed by atoms with van der Waals surface area (Å²) in [5, 5.41) is 9.90. The average molecular weight is 702 g/mol. The van der Waals surface area contributed by atoms with E-state index < -0.39 is 27.6 Å². The minimum atomic E-state index is -4.55. The summed E-state index contributed by atoms with van der Waals surface area (Å²) < 4.78 is 46.9. The molecule has 0 aromatic heterocycles. The van der Waals surface area contributed by atoms with Crippen molar-refractivity contribution in [2.45, 2.75) is 49.6 Å². The van der Waals surface area contributed by atoms with E-state index in [0.29, 0.717) is 29.2 Å². The summed E-state index contributed by atoms with van der Waals surface area (Å²) in [4.78, 5) is 35.7. The number of sulfonamides is 1. The second-order valence-corrected chi connectivity index (χ2v) is 14.5. The summed E-state index contributed by atoms with van der Waals surface area (Å²) in [5.41, 5.74) is -1.93. The van der Waals surface area contributed by atoms with Crippen molar-refractivity contribution in [2.24, 2.45) is 0 Å². The molecule has 3 aromatic rings. The first kappa shape index (κ1) is 35.2. The van der Waals surface area contributed by atoms with Crippen LogP contribution in [0.4, 0.5) is 10.5 Å². The van der Waals surface area contributed by atoms with E-state index in [-0.39, 0.29) is 39.6 Å². The molecule has 3 heterocycles. The van der Waals surface area contributed by atoms with Crippen LogP contribution in [0.3, 0.4) is 0 Å². The van der Waals surface area contributed by atoms with Gasteiger partial charge in [0.2, 0.25) is 5.60 Å². The molecule has 0 bridgehead atoms. The number of piperazine rings is 1. The number of nitriles is 1. The number of fused-ring (bicyclic) bond motifs is 1. The van der Waals surface area contributed by atoms with Gasteiger partial charge in [-0.15, -0.1) is 0 Å². The molecule has 2 fully saturated rings. The zero-order valence-corrected chi connectivity index (χ0v) is 29.5. The van der Waals surface area contributed by atoms with Crippen LogP contribution in [-0.4, -0.2) is 101 Å². The highest BCUT2D eigenvalue weighted by molar-refractivity contribution is 7.93. The fraction of sp³-hybridized carbons (Fsp3) is 0.432. The van der Waals surface area contributed by atoms with Gasteiger partial charge >= 0.3 is 6.09 Å². The first-order valence-corrected chi connectivity index (χ1v) is 18.6. The van der Waals surface area contributed by atoms with E-state index in [1.165, 1.54) is 49.6 Å². The van der Waals surface area contributed by atoms with Crippen LogP contribution in [0.15, 0.2) is 71.6 Å². The number of amides is 2. The number of hydrogen-bond acceptors (Lipinski definition) is 10. The van der Waals surface area contributed by atoms with E-state index in [1.807, 2.05) is 0 Å². The standard InChI is InChI=1S/C37H43N5O7S/c1-4-18-39-21-23-40(24-22-39)28-16-19-41(20-17-28)36(44)49-37(31-8-6-7-9-34(31)48-5-2)32-25-27(26-38)10-15-33(32)42(35(37)43)50(45,46)30-13-11-29(47-3)12-14-30/h6-15,25,28H,4-5,16-24H2,1-3H3. The van der Waals surface area contributed by atoms with Crippen LogP contribution >= 0.6 is 0 Å². The van der Waals surface area contributed by atoms with Crippen molar-refractivity contribution < 1.29 is 32.2 Å². The predicted molar refractivity (Wildman–Crippen MR) is 187 cm³/mol. The van der Waals surface area contributed by atoms with Crippen molar-refractivity contribution in [3.63, 3.8) is 0 Å². The topological polar surface area (TPSA) is 133 Å². The normalized spacial score (nSPS) is 20.3. The Morgan fingerprint density at radius 1 is 0.940 bits per heavy atom. The van der Waals surface area contributed by atoms with Crippen LogP contribution < -0.4 is 13.8 Å². The molecule has 2 amide bonds. The maximum absolute atomic E-state index is 15.0. The van der Waals surface area contributed by atoms with Crippen molar-refractivity contribution in [1.82, 2.24) is 14.7 Å². The second kappa shape index (κ2) is 14.7. The number of hydrogen-bond donors (Lipinski definition) is 0. The molecular formula is C37H43N5O7S. The highest BCUT2D eigenvalue weighted by Crippen LogP contribution is 2.52. The first-order valence-electron chi connectivity index (χ1n) is 17.1. The molecule has 0 aliphatic carbocycles. The number of methoxy groups -OCH3 is 1. The molecule has 2 saturated heterocycles. The summed E-state index contributed by atoms with van der Waals surface area (Å²) >= 11 is 0. The molecule has 3 aliphatic rings. The minimum absolute atomic E-state index is 0.0233. The van der Waals surface area contributed by atoms with Gasteiger partial charge in [-0.2, -0.15) is 9.57 Å². The Hall–Kier alpha value is -4.64. The zero-order chi connectivity index (χ0) is 35.5. The number of ether oxygens (including phenoxy) is 3. The third kappa shape index (κ3) is 6.39. The molecule has 12 nitrogen and oxygen atoms in total. The Morgan fingerprint density at radius 2 is 1.64 bits per heavy atom. The van der Waals surface area contributed by atoms with E-state index in [4.69, 9.17) is 14.2 Å². The molecule has 1 atom stereocenters. The molecule has 264 valence electrons. The van der Waals surface area contributed by atoms with Crippen LogP contribution in [0.2, 0.25) is 0 Å². The molecule has 0 radical (unpaired) electrons. The van der Waals surface area contributed by atoms with Crippen LogP contribution in [0.25, 0.3) is 0 Å². The highest BCUT2D eigenvalue weighted by atomic mass is 32.2. The number of piperidine rings is 1. The van der Waals surface area contributed by atoms with Crippen LogP contribution in [0.1, 0.15) is 49.8 Å². The number of benzene rings is 3. The maximum Gasteiger partial charge on any atom is 0.411 e. The number of nitrogens with zero attached hydrogens (tertiary/aromatic N) is 5. The summed E-state index contributed by atoms with van der Waals surface area (Å²) in [5.74, 6) is -0.333. The average Bonchev–Trinajstić information content (AvgIpc) is 3.39. The lowest BCUT2D eigenvalue weighted by atomic mass is 9.85. The number of anilines is 1. The van der Waals surface area contributed by atoms with E-state index >= 15 is 4.79 Å². The smallest absolute Gasteiger partial charge is 0.411 e. The van der Waals surface area contributed by atoms with E-state index in [9.17, 15) is 18.5 Å². The second-order valence-electron chi connectivity index (χ2n) is 12.7. The van der Waals surface area contributed by atoms with Gasteiger partial charge in [-0.1, -0.05) is 25.1 Å². The Kier molecular flexibility index (Phi) is 10.3. The molecule has 3 aliphatic heterocycles. The number of carbonyl (C=O) groups is 2. The van der Waals surface area contributed by atoms with Gasteiger partial charge in [-0.05, 0) is 81.3 Å². The quantitative estimate of drug-likeness (QED) is 0.296. The molecule has 1 unspecified atom stereocenters. The van der Waals surface area contributed by atoms with Crippen molar-refractivity contribution in [1.29, 1.82) is 5.26 Å². The minimum Gasteiger partial charge on any atom is -0.497 e. The third-order valence-corrected chi connectivity index (χ3v) is 11.5. The third-order valence-electron chi connectivity index (χ3n) is 9.80. The van der Waals surface area contributed by atoms with E-state index in [0.717, 1.165) is 52.0 Å². The maximum atomic E-state index is 15.0. The lowest BCUT2D eigenvalue weighted by molar-refractivity contribution is -0.132.